The summed E-state index contributed by atoms with van der Waals surface area (Å²) in [5, 5.41) is 3.94. The van der Waals surface area contributed by atoms with Crippen molar-refractivity contribution in [2.75, 3.05) is 6.61 Å². The molecule has 3 rings (SSSR count). The fourth-order valence-corrected chi connectivity index (χ4v) is 2.89. The predicted molar refractivity (Wildman–Crippen MR) is 118 cm³/mol. The van der Waals surface area contributed by atoms with E-state index in [0.29, 0.717) is 22.6 Å². The normalized spacial score (nSPS) is 10.6. The minimum absolute atomic E-state index is 0.172. The molecule has 0 aliphatic rings. The molecule has 0 fully saturated rings. The van der Waals surface area contributed by atoms with Gasteiger partial charge in [-0.25, -0.2) is 10.2 Å². The molecule has 0 heterocycles. The van der Waals surface area contributed by atoms with Crippen molar-refractivity contribution < 1.29 is 19.1 Å². The fraction of sp³-hybridized carbons (Fsp3) is 0.0870. The van der Waals surface area contributed by atoms with Gasteiger partial charge in [-0.1, -0.05) is 46.3 Å². The number of benzene rings is 3. The van der Waals surface area contributed by atoms with Crippen LogP contribution in [0.5, 0.6) is 11.5 Å². The van der Waals surface area contributed by atoms with E-state index in [-0.39, 0.29) is 6.61 Å². The number of hydrazone groups is 1. The second-order valence-electron chi connectivity index (χ2n) is 6.34. The summed E-state index contributed by atoms with van der Waals surface area (Å²) in [6, 6.07) is 21.2. The van der Waals surface area contributed by atoms with Crippen LogP contribution < -0.4 is 14.9 Å². The van der Waals surface area contributed by atoms with Crippen LogP contribution in [0.4, 0.5) is 0 Å². The molecule has 0 atom stereocenters. The van der Waals surface area contributed by atoms with Crippen LogP contribution >= 0.6 is 15.9 Å². The van der Waals surface area contributed by atoms with E-state index in [1.165, 1.54) is 6.21 Å². The summed E-state index contributed by atoms with van der Waals surface area (Å²) in [4.78, 5) is 24.3. The van der Waals surface area contributed by atoms with Gasteiger partial charge in [0.1, 0.15) is 11.5 Å². The van der Waals surface area contributed by atoms with E-state index in [1.807, 2.05) is 31.2 Å². The van der Waals surface area contributed by atoms with Crippen molar-refractivity contribution in [1.29, 1.82) is 0 Å². The van der Waals surface area contributed by atoms with E-state index in [2.05, 4.69) is 26.5 Å². The minimum atomic E-state index is -0.483. The summed E-state index contributed by atoms with van der Waals surface area (Å²) in [6.45, 7) is 1.77. The zero-order valence-electron chi connectivity index (χ0n) is 16.2. The number of carbonyl (C=O) groups excluding carboxylic acids is 2. The van der Waals surface area contributed by atoms with Crippen molar-refractivity contribution in [3.8, 4) is 11.5 Å². The maximum atomic E-state index is 12.3. The molecule has 3 aromatic rings. The number of hydrogen-bond acceptors (Lipinski definition) is 5. The van der Waals surface area contributed by atoms with Crippen molar-refractivity contribution in [2.24, 2.45) is 5.10 Å². The molecule has 0 bridgehead atoms. The highest BCUT2D eigenvalue weighted by molar-refractivity contribution is 9.10. The minimum Gasteiger partial charge on any atom is -0.484 e. The van der Waals surface area contributed by atoms with Crippen LogP contribution in [0.2, 0.25) is 0 Å². The molecule has 1 N–H and O–H groups in total. The van der Waals surface area contributed by atoms with Crippen LogP contribution in [0.25, 0.3) is 0 Å². The molecular formula is C23H19BrN2O4. The van der Waals surface area contributed by atoms with Crippen LogP contribution in [0, 0.1) is 6.92 Å². The Balaban J connectivity index is 1.61. The molecule has 0 aliphatic heterocycles. The third-order valence-corrected chi connectivity index (χ3v) is 4.43. The highest BCUT2D eigenvalue weighted by Gasteiger charge is 2.11. The van der Waals surface area contributed by atoms with Crippen molar-refractivity contribution in [1.82, 2.24) is 5.43 Å². The maximum absolute atomic E-state index is 12.3. The lowest BCUT2D eigenvalue weighted by molar-refractivity contribution is -0.123. The van der Waals surface area contributed by atoms with Gasteiger partial charge in [-0.2, -0.15) is 5.10 Å². The van der Waals surface area contributed by atoms with Crippen molar-refractivity contribution >= 4 is 34.0 Å². The smallest absolute Gasteiger partial charge is 0.343 e. The van der Waals surface area contributed by atoms with Gasteiger partial charge >= 0.3 is 5.97 Å². The Morgan fingerprint density at radius 1 is 1.03 bits per heavy atom. The first-order valence-corrected chi connectivity index (χ1v) is 9.89. The number of aryl methyl sites for hydroxylation is 1. The number of amides is 1. The average Bonchev–Trinajstić information content (AvgIpc) is 2.75. The first-order chi connectivity index (χ1) is 14.5. The second-order valence-corrected chi connectivity index (χ2v) is 7.25. The third-order valence-electron chi connectivity index (χ3n) is 3.94. The van der Waals surface area contributed by atoms with Crippen LogP contribution in [-0.4, -0.2) is 24.7 Å². The highest BCUT2D eigenvalue weighted by atomic mass is 79.9. The Morgan fingerprint density at radius 2 is 1.83 bits per heavy atom. The molecular weight excluding hydrogens is 448 g/mol. The Hall–Kier alpha value is -3.45. The predicted octanol–water partition coefficient (Wildman–Crippen LogP) is 4.51. The number of halogens is 1. The van der Waals surface area contributed by atoms with Gasteiger partial charge in [0.25, 0.3) is 5.91 Å². The second kappa shape index (κ2) is 10.4. The quantitative estimate of drug-likeness (QED) is 0.240. The molecule has 0 aromatic heterocycles. The van der Waals surface area contributed by atoms with E-state index >= 15 is 0 Å². The van der Waals surface area contributed by atoms with Gasteiger partial charge in [-0.15, -0.1) is 0 Å². The molecule has 152 valence electrons. The van der Waals surface area contributed by atoms with Crippen molar-refractivity contribution in [3.63, 3.8) is 0 Å². The molecule has 0 saturated carbocycles. The van der Waals surface area contributed by atoms with Crippen LogP contribution in [-0.2, 0) is 4.79 Å². The van der Waals surface area contributed by atoms with Gasteiger partial charge in [0.05, 0.1) is 11.8 Å². The standard InChI is InChI=1S/C23H19BrN2O4/c1-16-6-5-9-20(12-16)29-15-22(27)26-25-14-18-13-19(24)10-11-21(18)30-23(28)17-7-3-2-4-8-17/h2-14H,15H2,1H3,(H,26,27)/b25-14+. The van der Waals surface area contributed by atoms with E-state index in [1.54, 1.807) is 48.5 Å². The lowest BCUT2D eigenvalue weighted by atomic mass is 10.2. The van der Waals surface area contributed by atoms with Gasteiger partial charge in [0.15, 0.2) is 6.61 Å². The summed E-state index contributed by atoms with van der Waals surface area (Å²) in [5.74, 6) is 0.0334. The first-order valence-electron chi connectivity index (χ1n) is 9.09. The van der Waals surface area contributed by atoms with E-state index in [9.17, 15) is 9.59 Å². The molecule has 3 aromatic carbocycles. The van der Waals surface area contributed by atoms with Crippen molar-refractivity contribution in [2.45, 2.75) is 6.92 Å². The van der Waals surface area contributed by atoms with Gasteiger partial charge in [0, 0.05) is 10.0 Å². The molecule has 30 heavy (non-hydrogen) atoms. The van der Waals surface area contributed by atoms with Crippen LogP contribution in [0.3, 0.4) is 0 Å². The Bertz CT molecular complexity index is 1070. The molecule has 0 aliphatic carbocycles. The average molecular weight is 467 g/mol. The fourth-order valence-electron chi connectivity index (χ4n) is 2.51. The lowest BCUT2D eigenvalue weighted by Crippen LogP contribution is -2.24. The lowest BCUT2D eigenvalue weighted by Gasteiger charge is -2.08. The molecule has 7 heteroatoms. The SMILES string of the molecule is Cc1cccc(OCC(=O)N/N=C/c2cc(Br)ccc2OC(=O)c2ccccc2)c1. The summed E-state index contributed by atoms with van der Waals surface area (Å²) in [5.41, 5.74) is 4.39. The summed E-state index contributed by atoms with van der Waals surface area (Å²) >= 11 is 3.38. The number of hydrogen-bond donors (Lipinski definition) is 1. The first kappa shape index (κ1) is 21.3. The largest absolute Gasteiger partial charge is 0.484 e. The van der Waals surface area contributed by atoms with Crippen LogP contribution in [0.15, 0.2) is 82.4 Å². The summed E-state index contributed by atoms with van der Waals surface area (Å²) in [7, 11) is 0. The molecule has 6 nitrogen and oxygen atoms in total. The zero-order valence-corrected chi connectivity index (χ0v) is 17.8. The van der Waals surface area contributed by atoms with Crippen molar-refractivity contribution in [3.05, 3.63) is 94.0 Å². The summed E-state index contributed by atoms with van der Waals surface area (Å²) in [6.07, 6.45) is 1.41. The molecule has 1 amide bonds. The highest BCUT2D eigenvalue weighted by Crippen LogP contribution is 2.23. The molecule has 0 unspecified atom stereocenters. The Kier molecular flexibility index (Phi) is 7.34. The topological polar surface area (TPSA) is 77.0 Å². The number of ether oxygens (including phenoxy) is 2. The number of nitrogens with one attached hydrogen (secondary N) is 1. The van der Waals surface area contributed by atoms with E-state index in [4.69, 9.17) is 9.47 Å². The van der Waals surface area contributed by atoms with Gasteiger partial charge in [0.2, 0.25) is 0 Å². The molecule has 0 spiro atoms. The summed E-state index contributed by atoms with van der Waals surface area (Å²) < 4.78 is 11.7. The Labute approximate surface area is 182 Å². The molecule has 0 radical (unpaired) electrons. The number of rotatable bonds is 7. The van der Waals surface area contributed by atoms with Gasteiger partial charge in [-0.05, 0) is 55.0 Å². The van der Waals surface area contributed by atoms with E-state index in [0.717, 1.165) is 10.0 Å². The maximum Gasteiger partial charge on any atom is 0.343 e. The number of carbonyl (C=O) groups is 2. The third kappa shape index (κ3) is 6.28. The number of esters is 1. The van der Waals surface area contributed by atoms with Gasteiger partial charge in [-0.3, -0.25) is 4.79 Å². The van der Waals surface area contributed by atoms with E-state index < -0.39 is 11.9 Å². The zero-order chi connectivity index (χ0) is 21.3. The Morgan fingerprint density at radius 3 is 2.60 bits per heavy atom. The molecule has 0 saturated heterocycles. The number of nitrogens with zero attached hydrogens (tertiary/aromatic N) is 1. The van der Waals surface area contributed by atoms with Gasteiger partial charge < -0.3 is 9.47 Å². The monoisotopic (exact) mass is 466 g/mol. The van der Waals surface area contributed by atoms with Crippen LogP contribution in [0.1, 0.15) is 21.5 Å².